The van der Waals surface area contributed by atoms with Gasteiger partial charge in [0.1, 0.15) is 11.5 Å². The van der Waals surface area contributed by atoms with E-state index >= 15 is 0 Å². The molecule has 1 heterocycles. The Labute approximate surface area is 115 Å². The normalized spacial score (nSPS) is 12.4. The minimum absolute atomic E-state index is 0.257. The van der Waals surface area contributed by atoms with Crippen molar-refractivity contribution in [3.63, 3.8) is 0 Å². The van der Waals surface area contributed by atoms with Gasteiger partial charge in [-0.1, -0.05) is 12.1 Å². The lowest BCUT2D eigenvalue weighted by molar-refractivity contribution is 0.414. The predicted octanol–water partition coefficient (Wildman–Crippen LogP) is 3.90. The van der Waals surface area contributed by atoms with Gasteiger partial charge in [0.15, 0.2) is 0 Å². The lowest BCUT2D eigenvalue weighted by Crippen LogP contribution is -2.17. The highest BCUT2D eigenvalue weighted by molar-refractivity contribution is 9.10. The van der Waals surface area contributed by atoms with Gasteiger partial charge in [-0.15, -0.1) is 0 Å². The summed E-state index contributed by atoms with van der Waals surface area (Å²) >= 11 is 3.44. The fourth-order valence-electron chi connectivity index (χ4n) is 1.71. The summed E-state index contributed by atoms with van der Waals surface area (Å²) in [5.41, 5.74) is 1.22. The zero-order chi connectivity index (χ0) is 13.0. The summed E-state index contributed by atoms with van der Waals surface area (Å²) in [5, 5.41) is 3.42. The van der Waals surface area contributed by atoms with Crippen LogP contribution < -0.4 is 10.1 Å². The van der Waals surface area contributed by atoms with Gasteiger partial charge in [-0.25, -0.2) is 0 Å². The maximum absolute atomic E-state index is 5.36. The van der Waals surface area contributed by atoms with Crippen LogP contribution in [0.1, 0.15) is 24.3 Å². The van der Waals surface area contributed by atoms with Gasteiger partial charge in [0.05, 0.1) is 24.4 Å². The molecule has 0 aliphatic rings. The predicted molar refractivity (Wildman–Crippen MR) is 74.7 cm³/mol. The third kappa shape index (κ3) is 3.15. The molecular formula is C14H16BrNO2. The third-order valence-corrected chi connectivity index (χ3v) is 3.58. The van der Waals surface area contributed by atoms with Crippen molar-refractivity contribution in [1.82, 2.24) is 5.32 Å². The van der Waals surface area contributed by atoms with Crippen LogP contribution in [0.4, 0.5) is 0 Å². The fourth-order valence-corrected chi connectivity index (χ4v) is 2.05. The van der Waals surface area contributed by atoms with Crippen molar-refractivity contribution in [2.24, 2.45) is 0 Å². The maximum atomic E-state index is 5.36. The van der Waals surface area contributed by atoms with Gasteiger partial charge in [-0.2, -0.15) is 0 Å². The molecule has 0 saturated carbocycles. The molecule has 0 spiro atoms. The Bertz CT molecular complexity index is 493. The lowest BCUT2D eigenvalue weighted by atomic mass is 10.1. The van der Waals surface area contributed by atoms with Crippen LogP contribution in [0.5, 0.6) is 5.75 Å². The molecule has 1 aromatic carbocycles. The van der Waals surface area contributed by atoms with Crippen molar-refractivity contribution in [1.29, 1.82) is 0 Å². The van der Waals surface area contributed by atoms with E-state index in [1.807, 2.05) is 18.2 Å². The molecule has 0 aliphatic heterocycles. The Morgan fingerprint density at radius 3 is 2.56 bits per heavy atom. The van der Waals surface area contributed by atoms with Crippen molar-refractivity contribution in [3.8, 4) is 5.75 Å². The number of rotatable bonds is 5. The van der Waals surface area contributed by atoms with Crippen molar-refractivity contribution in [3.05, 3.63) is 52.4 Å². The van der Waals surface area contributed by atoms with Crippen molar-refractivity contribution in [2.75, 3.05) is 7.11 Å². The van der Waals surface area contributed by atoms with Crippen LogP contribution in [0.3, 0.4) is 0 Å². The molecule has 0 saturated heterocycles. The van der Waals surface area contributed by atoms with Gasteiger partial charge in [-0.3, -0.25) is 0 Å². The molecule has 18 heavy (non-hydrogen) atoms. The standard InChI is InChI=1S/C14H16BrNO2/c1-10(11-3-5-12(17-2)6-4-11)16-9-14-13(15)7-8-18-14/h3-8,10,16H,9H2,1-2H3/t10-/m1/s1. The molecule has 0 unspecified atom stereocenters. The molecule has 0 amide bonds. The summed E-state index contributed by atoms with van der Waals surface area (Å²) in [6.07, 6.45) is 1.68. The Hall–Kier alpha value is -1.26. The van der Waals surface area contributed by atoms with E-state index in [1.165, 1.54) is 5.56 Å². The Kier molecular flexibility index (Phi) is 4.44. The molecule has 96 valence electrons. The maximum Gasteiger partial charge on any atom is 0.131 e. The van der Waals surface area contributed by atoms with Crippen molar-refractivity contribution < 1.29 is 9.15 Å². The summed E-state index contributed by atoms with van der Waals surface area (Å²) in [7, 11) is 1.67. The summed E-state index contributed by atoms with van der Waals surface area (Å²) in [6.45, 7) is 2.82. The van der Waals surface area contributed by atoms with Crippen LogP contribution in [-0.4, -0.2) is 7.11 Å². The number of hydrogen-bond acceptors (Lipinski definition) is 3. The molecule has 4 heteroatoms. The van der Waals surface area contributed by atoms with E-state index < -0.39 is 0 Å². The first-order valence-electron chi connectivity index (χ1n) is 5.80. The molecule has 1 atom stereocenters. The molecule has 0 radical (unpaired) electrons. The van der Waals surface area contributed by atoms with Crippen LogP contribution in [0.25, 0.3) is 0 Å². The first kappa shape index (κ1) is 13.2. The van der Waals surface area contributed by atoms with E-state index in [9.17, 15) is 0 Å². The topological polar surface area (TPSA) is 34.4 Å². The highest BCUT2D eigenvalue weighted by Crippen LogP contribution is 2.20. The number of halogens is 1. The number of ether oxygens (including phenoxy) is 1. The molecular weight excluding hydrogens is 294 g/mol. The Morgan fingerprint density at radius 1 is 1.28 bits per heavy atom. The number of nitrogens with one attached hydrogen (secondary N) is 1. The third-order valence-electron chi connectivity index (χ3n) is 2.88. The average molecular weight is 310 g/mol. The van der Waals surface area contributed by atoms with Gasteiger partial charge in [0.25, 0.3) is 0 Å². The van der Waals surface area contributed by atoms with Crippen molar-refractivity contribution in [2.45, 2.75) is 19.5 Å². The van der Waals surface area contributed by atoms with E-state index in [0.29, 0.717) is 6.54 Å². The van der Waals surface area contributed by atoms with Crippen LogP contribution >= 0.6 is 15.9 Å². The van der Waals surface area contributed by atoms with Gasteiger partial charge < -0.3 is 14.5 Å². The van der Waals surface area contributed by atoms with E-state index in [4.69, 9.17) is 9.15 Å². The smallest absolute Gasteiger partial charge is 0.131 e. The minimum Gasteiger partial charge on any atom is -0.497 e. The molecule has 1 N–H and O–H groups in total. The van der Waals surface area contributed by atoms with E-state index in [0.717, 1.165) is 16.0 Å². The molecule has 2 rings (SSSR count). The second kappa shape index (κ2) is 6.07. The minimum atomic E-state index is 0.257. The zero-order valence-corrected chi connectivity index (χ0v) is 12.0. The Morgan fingerprint density at radius 2 is 2.00 bits per heavy atom. The summed E-state index contributed by atoms with van der Waals surface area (Å²) in [6, 6.07) is 10.2. The lowest BCUT2D eigenvalue weighted by Gasteiger charge is -2.14. The van der Waals surface area contributed by atoms with E-state index in [1.54, 1.807) is 13.4 Å². The van der Waals surface area contributed by atoms with E-state index in [2.05, 4.69) is 40.3 Å². The average Bonchev–Trinajstić information content (AvgIpc) is 2.81. The number of benzene rings is 1. The summed E-state index contributed by atoms with van der Waals surface area (Å²) < 4.78 is 11.5. The Balaban J connectivity index is 1.94. The SMILES string of the molecule is COc1ccc([C@@H](C)NCc2occc2Br)cc1. The van der Waals surface area contributed by atoms with Crippen molar-refractivity contribution >= 4 is 15.9 Å². The van der Waals surface area contributed by atoms with Gasteiger partial charge in [0.2, 0.25) is 0 Å². The first-order chi connectivity index (χ1) is 8.70. The first-order valence-corrected chi connectivity index (χ1v) is 6.59. The van der Waals surface area contributed by atoms with E-state index in [-0.39, 0.29) is 6.04 Å². The van der Waals surface area contributed by atoms with Crippen LogP contribution in [-0.2, 0) is 6.54 Å². The monoisotopic (exact) mass is 309 g/mol. The molecule has 1 aromatic heterocycles. The van der Waals surface area contributed by atoms with Gasteiger partial charge in [-0.05, 0) is 46.6 Å². The summed E-state index contributed by atoms with van der Waals surface area (Å²) in [4.78, 5) is 0. The highest BCUT2D eigenvalue weighted by atomic mass is 79.9. The van der Waals surface area contributed by atoms with Crippen LogP contribution in [0.2, 0.25) is 0 Å². The molecule has 2 aromatic rings. The number of hydrogen-bond donors (Lipinski definition) is 1. The molecule has 0 fully saturated rings. The second-order valence-electron chi connectivity index (χ2n) is 4.07. The quantitative estimate of drug-likeness (QED) is 0.909. The van der Waals surface area contributed by atoms with Crippen LogP contribution in [0, 0.1) is 0 Å². The number of furan rings is 1. The molecule has 0 bridgehead atoms. The number of methoxy groups -OCH3 is 1. The second-order valence-corrected chi connectivity index (χ2v) is 4.92. The highest BCUT2D eigenvalue weighted by Gasteiger charge is 2.08. The molecule has 3 nitrogen and oxygen atoms in total. The van der Waals surface area contributed by atoms with Gasteiger partial charge >= 0.3 is 0 Å². The van der Waals surface area contributed by atoms with Gasteiger partial charge in [0, 0.05) is 6.04 Å². The largest absolute Gasteiger partial charge is 0.497 e. The molecule has 0 aliphatic carbocycles. The summed E-state index contributed by atoms with van der Waals surface area (Å²) in [5.74, 6) is 1.79. The zero-order valence-electron chi connectivity index (χ0n) is 10.4. The van der Waals surface area contributed by atoms with Crippen LogP contribution in [0.15, 0.2) is 45.5 Å². The fraction of sp³-hybridized carbons (Fsp3) is 0.286.